The quantitative estimate of drug-likeness (QED) is 0.843. The average Bonchev–Trinajstić information content (AvgIpc) is 2.72. The minimum Gasteiger partial charge on any atom is -0.496 e. The van der Waals surface area contributed by atoms with Crippen LogP contribution in [0.4, 0.5) is 5.95 Å². The number of benzene rings is 1. The molecule has 1 aliphatic rings. The van der Waals surface area contributed by atoms with Gasteiger partial charge < -0.3 is 15.0 Å². The van der Waals surface area contributed by atoms with E-state index in [1.54, 1.807) is 19.5 Å². The topological polar surface area (TPSA) is 70.6 Å². The number of nitrogens with zero attached hydrogens (tertiary/aromatic N) is 4. The molecule has 0 bridgehead atoms. The first-order valence-electron chi connectivity index (χ1n) is 8.84. The molecule has 1 N–H and O–H groups in total. The predicted octanol–water partition coefficient (Wildman–Crippen LogP) is 1.31. The third-order valence-electron chi connectivity index (χ3n) is 4.72. The molecule has 26 heavy (non-hydrogen) atoms. The van der Waals surface area contributed by atoms with Crippen LogP contribution >= 0.6 is 0 Å². The van der Waals surface area contributed by atoms with Gasteiger partial charge in [0.2, 0.25) is 11.9 Å². The van der Waals surface area contributed by atoms with Gasteiger partial charge in [0.25, 0.3) is 0 Å². The zero-order chi connectivity index (χ0) is 18.4. The zero-order valence-corrected chi connectivity index (χ0v) is 15.3. The third kappa shape index (κ3) is 4.29. The van der Waals surface area contributed by atoms with Gasteiger partial charge in [-0.2, -0.15) is 0 Å². The highest BCUT2D eigenvalue weighted by Crippen LogP contribution is 2.17. The molecular formula is C19H25N5O2. The largest absolute Gasteiger partial charge is 0.496 e. The maximum absolute atomic E-state index is 12.5. The highest BCUT2D eigenvalue weighted by atomic mass is 16.5. The van der Waals surface area contributed by atoms with Crippen LogP contribution in [0, 0.1) is 0 Å². The number of amides is 1. The van der Waals surface area contributed by atoms with Crippen molar-refractivity contribution in [3.05, 3.63) is 48.3 Å². The van der Waals surface area contributed by atoms with E-state index in [0.29, 0.717) is 6.54 Å². The number of hydrogen-bond acceptors (Lipinski definition) is 6. The van der Waals surface area contributed by atoms with E-state index in [1.807, 2.05) is 37.3 Å². The van der Waals surface area contributed by atoms with Gasteiger partial charge in [-0.1, -0.05) is 18.2 Å². The molecule has 1 fully saturated rings. The first-order chi connectivity index (χ1) is 12.7. The molecule has 1 aliphatic heterocycles. The van der Waals surface area contributed by atoms with Crippen LogP contribution in [0.5, 0.6) is 5.75 Å². The minimum absolute atomic E-state index is 0.0281. The fourth-order valence-electron chi connectivity index (χ4n) is 3.11. The summed E-state index contributed by atoms with van der Waals surface area (Å²) in [7, 11) is 1.64. The van der Waals surface area contributed by atoms with Gasteiger partial charge in [-0.25, -0.2) is 9.97 Å². The van der Waals surface area contributed by atoms with Crippen LogP contribution in [0.3, 0.4) is 0 Å². The molecule has 3 rings (SSSR count). The Morgan fingerprint density at radius 2 is 1.85 bits per heavy atom. The number of carbonyl (C=O) groups is 1. The number of anilines is 1. The van der Waals surface area contributed by atoms with Gasteiger partial charge in [0.05, 0.1) is 13.2 Å². The maximum atomic E-state index is 12.5. The number of ether oxygens (including phenoxy) is 1. The predicted molar refractivity (Wildman–Crippen MR) is 100 cm³/mol. The Balaban J connectivity index is 1.50. The molecule has 138 valence electrons. The summed E-state index contributed by atoms with van der Waals surface area (Å²) in [5.74, 6) is 1.57. The smallest absolute Gasteiger partial charge is 0.237 e. The van der Waals surface area contributed by atoms with Gasteiger partial charge in [0.1, 0.15) is 5.75 Å². The lowest BCUT2D eigenvalue weighted by Gasteiger charge is -2.37. The summed E-state index contributed by atoms with van der Waals surface area (Å²) in [6.07, 6.45) is 3.51. The van der Waals surface area contributed by atoms with E-state index in [4.69, 9.17) is 4.74 Å². The Kier molecular flexibility index (Phi) is 6.01. The van der Waals surface area contributed by atoms with Gasteiger partial charge in [-0.05, 0) is 19.1 Å². The molecule has 1 amide bonds. The van der Waals surface area contributed by atoms with E-state index in [-0.39, 0.29) is 11.9 Å². The molecule has 2 aromatic rings. The standard InChI is InChI=1S/C19H25N5O2/c1-15(18(25)22-14-16-6-3-4-7-17(16)26-2)23-10-12-24(13-11-23)19-20-8-5-9-21-19/h3-9,15H,10-14H2,1-2H3,(H,22,25)/t15-/m0/s1. The van der Waals surface area contributed by atoms with Crippen LogP contribution in [0.1, 0.15) is 12.5 Å². The summed E-state index contributed by atoms with van der Waals surface area (Å²) in [6, 6.07) is 9.36. The van der Waals surface area contributed by atoms with E-state index < -0.39 is 0 Å². The first kappa shape index (κ1) is 18.1. The van der Waals surface area contributed by atoms with E-state index in [1.165, 1.54) is 0 Å². The van der Waals surface area contributed by atoms with Crippen molar-refractivity contribution >= 4 is 11.9 Å². The normalized spacial score (nSPS) is 16.2. The van der Waals surface area contributed by atoms with Crippen molar-refractivity contribution in [3.63, 3.8) is 0 Å². The molecule has 1 atom stereocenters. The molecule has 0 unspecified atom stereocenters. The highest BCUT2D eigenvalue weighted by Gasteiger charge is 2.26. The van der Waals surface area contributed by atoms with Gasteiger partial charge in [-0.3, -0.25) is 9.69 Å². The molecule has 1 aromatic carbocycles. The second-order valence-electron chi connectivity index (χ2n) is 6.28. The number of carbonyl (C=O) groups excluding carboxylic acids is 1. The zero-order valence-electron chi connectivity index (χ0n) is 15.3. The first-order valence-corrected chi connectivity index (χ1v) is 8.84. The second kappa shape index (κ2) is 8.62. The summed E-state index contributed by atoms with van der Waals surface area (Å²) >= 11 is 0. The number of aromatic nitrogens is 2. The molecular weight excluding hydrogens is 330 g/mol. The third-order valence-corrected chi connectivity index (χ3v) is 4.72. The number of para-hydroxylation sites is 1. The molecule has 1 saturated heterocycles. The summed E-state index contributed by atoms with van der Waals surface area (Å²) < 4.78 is 5.33. The average molecular weight is 355 g/mol. The lowest BCUT2D eigenvalue weighted by molar-refractivity contribution is -0.126. The highest BCUT2D eigenvalue weighted by molar-refractivity contribution is 5.81. The van der Waals surface area contributed by atoms with Crippen molar-refractivity contribution < 1.29 is 9.53 Å². The number of methoxy groups -OCH3 is 1. The summed E-state index contributed by atoms with van der Waals surface area (Å²) in [5, 5.41) is 3.01. The van der Waals surface area contributed by atoms with E-state index in [0.717, 1.165) is 43.4 Å². The van der Waals surface area contributed by atoms with Crippen molar-refractivity contribution in [1.82, 2.24) is 20.2 Å². The number of rotatable bonds is 6. The van der Waals surface area contributed by atoms with E-state index in [2.05, 4.69) is 25.1 Å². The molecule has 7 nitrogen and oxygen atoms in total. The van der Waals surface area contributed by atoms with Crippen molar-refractivity contribution in [2.24, 2.45) is 0 Å². The number of hydrogen-bond donors (Lipinski definition) is 1. The van der Waals surface area contributed by atoms with Crippen LogP contribution in [0.2, 0.25) is 0 Å². The van der Waals surface area contributed by atoms with Gasteiger partial charge in [-0.15, -0.1) is 0 Å². The van der Waals surface area contributed by atoms with Crippen molar-refractivity contribution in [1.29, 1.82) is 0 Å². The Hall–Kier alpha value is -2.67. The molecule has 2 heterocycles. The molecule has 0 aliphatic carbocycles. The molecule has 1 aromatic heterocycles. The number of piperazine rings is 1. The molecule has 0 saturated carbocycles. The van der Waals surface area contributed by atoms with Crippen molar-refractivity contribution in [2.75, 3.05) is 38.2 Å². The second-order valence-corrected chi connectivity index (χ2v) is 6.28. The van der Waals surface area contributed by atoms with Crippen molar-refractivity contribution in [3.8, 4) is 5.75 Å². The fraction of sp³-hybridized carbons (Fsp3) is 0.421. The molecule has 0 radical (unpaired) electrons. The Labute approximate surface area is 154 Å². The van der Waals surface area contributed by atoms with E-state index in [9.17, 15) is 4.79 Å². The maximum Gasteiger partial charge on any atom is 0.237 e. The Morgan fingerprint density at radius 3 is 2.54 bits per heavy atom. The van der Waals surface area contributed by atoms with Crippen LogP contribution in [0.15, 0.2) is 42.7 Å². The number of nitrogens with one attached hydrogen (secondary N) is 1. The van der Waals surface area contributed by atoms with Crippen LogP contribution in [-0.2, 0) is 11.3 Å². The Bertz CT molecular complexity index is 717. The molecule has 0 spiro atoms. The van der Waals surface area contributed by atoms with Crippen LogP contribution < -0.4 is 15.0 Å². The van der Waals surface area contributed by atoms with Crippen LogP contribution in [0.25, 0.3) is 0 Å². The SMILES string of the molecule is COc1ccccc1CNC(=O)[C@H](C)N1CCN(c2ncccn2)CC1. The lowest BCUT2D eigenvalue weighted by atomic mass is 10.2. The summed E-state index contributed by atoms with van der Waals surface area (Å²) in [6.45, 7) is 5.66. The summed E-state index contributed by atoms with van der Waals surface area (Å²) in [5.41, 5.74) is 0.974. The summed E-state index contributed by atoms with van der Waals surface area (Å²) in [4.78, 5) is 25.5. The minimum atomic E-state index is -0.177. The fourth-order valence-corrected chi connectivity index (χ4v) is 3.11. The van der Waals surface area contributed by atoms with Gasteiger partial charge in [0.15, 0.2) is 0 Å². The monoisotopic (exact) mass is 355 g/mol. The van der Waals surface area contributed by atoms with E-state index >= 15 is 0 Å². The van der Waals surface area contributed by atoms with Crippen LogP contribution in [-0.4, -0.2) is 60.1 Å². The van der Waals surface area contributed by atoms with Gasteiger partial charge in [0, 0.05) is 50.7 Å². The molecule has 7 heteroatoms. The Morgan fingerprint density at radius 1 is 1.15 bits per heavy atom. The van der Waals surface area contributed by atoms with Gasteiger partial charge >= 0.3 is 0 Å². The van der Waals surface area contributed by atoms with Crippen molar-refractivity contribution in [2.45, 2.75) is 19.5 Å². The lowest BCUT2D eigenvalue weighted by Crippen LogP contribution is -2.54.